The summed E-state index contributed by atoms with van der Waals surface area (Å²) in [5.74, 6) is 6.07. The van der Waals surface area contributed by atoms with Gasteiger partial charge in [0.2, 0.25) is 0 Å². The van der Waals surface area contributed by atoms with Crippen LogP contribution < -0.4 is 0 Å². The van der Waals surface area contributed by atoms with Crippen molar-refractivity contribution in [2.75, 3.05) is 0 Å². The van der Waals surface area contributed by atoms with Crippen LogP contribution in [0.2, 0.25) is 0 Å². The van der Waals surface area contributed by atoms with E-state index in [1.807, 2.05) is 51.1 Å². The summed E-state index contributed by atoms with van der Waals surface area (Å²) in [6, 6.07) is 12.1. The maximum absolute atomic E-state index is 5.86. The van der Waals surface area contributed by atoms with Gasteiger partial charge in [-0.25, -0.2) is 0 Å². The molecule has 3 aromatic rings. The quantitative estimate of drug-likeness (QED) is 0.605. The van der Waals surface area contributed by atoms with Crippen LogP contribution in [0.25, 0.3) is 0 Å². The fourth-order valence-corrected chi connectivity index (χ4v) is 2.84. The van der Waals surface area contributed by atoms with Gasteiger partial charge >= 0.3 is 0 Å². The molecule has 0 amide bonds. The molecule has 0 fully saturated rings. The summed E-state index contributed by atoms with van der Waals surface area (Å²) in [6.45, 7) is 8.08. The second-order valence-corrected chi connectivity index (χ2v) is 6.03. The van der Waals surface area contributed by atoms with Crippen LogP contribution in [0.15, 0.2) is 49.6 Å². The molecule has 3 nitrogen and oxygen atoms in total. The monoisotopic (exact) mass is 298 g/mol. The largest absolute Gasteiger partial charge is 0.466 e. The molecular formula is C19H22O3. The van der Waals surface area contributed by atoms with Gasteiger partial charge in [0, 0.05) is 5.92 Å². The molecule has 0 aromatic carbocycles. The Balaban J connectivity index is 1.88. The first-order chi connectivity index (χ1) is 10.5. The Bertz CT molecular complexity index is 704. The zero-order chi connectivity index (χ0) is 15.7. The molecular weight excluding hydrogens is 276 g/mol. The molecule has 0 saturated heterocycles. The van der Waals surface area contributed by atoms with Gasteiger partial charge in [-0.1, -0.05) is 6.92 Å². The molecule has 0 N–H and O–H groups in total. The highest BCUT2D eigenvalue weighted by Gasteiger charge is 2.25. The molecule has 0 bridgehead atoms. The summed E-state index contributed by atoms with van der Waals surface area (Å²) in [5, 5.41) is 0. The third kappa shape index (κ3) is 3.03. The minimum atomic E-state index is 0.0998. The summed E-state index contributed by atoms with van der Waals surface area (Å²) in [4.78, 5) is 0. The first-order valence-corrected chi connectivity index (χ1v) is 7.72. The van der Waals surface area contributed by atoms with Crippen LogP contribution in [0.3, 0.4) is 0 Å². The third-order valence-corrected chi connectivity index (χ3v) is 4.05. The fourth-order valence-electron chi connectivity index (χ4n) is 2.84. The smallest absolute Gasteiger partial charge is 0.114 e. The fraction of sp³-hybridized carbons (Fsp3) is 0.368. The molecule has 3 rings (SSSR count). The van der Waals surface area contributed by atoms with Crippen LogP contribution in [0, 0.1) is 20.8 Å². The van der Waals surface area contributed by atoms with Crippen molar-refractivity contribution in [1.82, 2.24) is 0 Å². The molecule has 22 heavy (non-hydrogen) atoms. The van der Waals surface area contributed by atoms with Crippen molar-refractivity contribution in [3.8, 4) is 0 Å². The van der Waals surface area contributed by atoms with Gasteiger partial charge in [0.15, 0.2) is 0 Å². The average molecular weight is 298 g/mol. The lowest BCUT2D eigenvalue weighted by atomic mass is 9.90. The van der Waals surface area contributed by atoms with Gasteiger partial charge in [0.25, 0.3) is 0 Å². The van der Waals surface area contributed by atoms with Crippen LogP contribution >= 0.6 is 0 Å². The molecule has 0 aliphatic carbocycles. The van der Waals surface area contributed by atoms with Gasteiger partial charge in [-0.15, -0.1) is 0 Å². The molecule has 3 heterocycles. The molecule has 1 atom stereocenters. The number of furan rings is 3. The van der Waals surface area contributed by atoms with E-state index in [0.717, 1.165) is 41.0 Å². The van der Waals surface area contributed by atoms with E-state index in [2.05, 4.69) is 13.0 Å². The lowest BCUT2D eigenvalue weighted by Gasteiger charge is -2.16. The van der Waals surface area contributed by atoms with Crippen LogP contribution in [-0.4, -0.2) is 0 Å². The molecule has 1 unspecified atom stereocenters. The van der Waals surface area contributed by atoms with E-state index < -0.39 is 0 Å². The van der Waals surface area contributed by atoms with Crippen molar-refractivity contribution < 1.29 is 13.3 Å². The van der Waals surface area contributed by atoms with Gasteiger partial charge in [-0.3, -0.25) is 0 Å². The van der Waals surface area contributed by atoms with Gasteiger partial charge < -0.3 is 13.3 Å². The van der Waals surface area contributed by atoms with Crippen LogP contribution in [0.4, 0.5) is 0 Å². The maximum Gasteiger partial charge on any atom is 0.114 e. The number of aryl methyl sites for hydroxylation is 3. The van der Waals surface area contributed by atoms with Gasteiger partial charge in [0.1, 0.15) is 34.6 Å². The Morgan fingerprint density at radius 1 is 0.682 bits per heavy atom. The Morgan fingerprint density at radius 2 is 1.09 bits per heavy atom. The minimum Gasteiger partial charge on any atom is -0.466 e. The number of hydrogen-bond acceptors (Lipinski definition) is 3. The van der Waals surface area contributed by atoms with E-state index in [1.165, 1.54) is 0 Å². The van der Waals surface area contributed by atoms with Gasteiger partial charge in [-0.05, 0) is 63.6 Å². The van der Waals surface area contributed by atoms with Crippen molar-refractivity contribution in [3.05, 3.63) is 71.0 Å². The third-order valence-electron chi connectivity index (χ3n) is 4.05. The molecule has 3 heteroatoms. The van der Waals surface area contributed by atoms with E-state index in [4.69, 9.17) is 13.3 Å². The Hall–Kier alpha value is -2.16. The standard InChI is InChI=1S/C19H22O3/c1-12(17-8-5-13(2)20-17)11-16(18-9-6-14(3)21-18)19-10-7-15(4)22-19/h5-10,12,16H,11H2,1-4H3. The first-order valence-electron chi connectivity index (χ1n) is 7.72. The molecule has 3 aromatic heterocycles. The topological polar surface area (TPSA) is 39.4 Å². The van der Waals surface area contributed by atoms with E-state index in [1.54, 1.807) is 0 Å². The average Bonchev–Trinajstić information content (AvgIpc) is 3.18. The van der Waals surface area contributed by atoms with Crippen LogP contribution in [-0.2, 0) is 0 Å². The predicted molar refractivity (Wildman–Crippen MR) is 85.2 cm³/mol. The Labute approximate surface area is 130 Å². The van der Waals surface area contributed by atoms with E-state index in [9.17, 15) is 0 Å². The summed E-state index contributed by atoms with van der Waals surface area (Å²) in [7, 11) is 0. The predicted octanol–water partition coefficient (Wildman–Crippen LogP) is 5.72. The highest BCUT2D eigenvalue weighted by Crippen LogP contribution is 2.36. The second kappa shape index (κ2) is 5.91. The summed E-state index contributed by atoms with van der Waals surface area (Å²) >= 11 is 0. The second-order valence-electron chi connectivity index (χ2n) is 6.03. The normalized spacial score (nSPS) is 13.0. The van der Waals surface area contributed by atoms with E-state index >= 15 is 0 Å². The molecule has 0 aliphatic rings. The molecule has 0 aliphatic heterocycles. The van der Waals surface area contributed by atoms with Gasteiger partial charge in [-0.2, -0.15) is 0 Å². The first kappa shape index (κ1) is 14.8. The van der Waals surface area contributed by atoms with Crippen LogP contribution in [0.5, 0.6) is 0 Å². The summed E-state index contributed by atoms with van der Waals surface area (Å²) < 4.78 is 17.5. The van der Waals surface area contributed by atoms with E-state index in [-0.39, 0.29) is 11.8 Å². The number of hydrogen-bond donors (Lipinski definition) is 0. The summed E-state index contributed by atoms with van der Waals surface area (Å²) in [5.41, 5.74) is 0. The SMILES string of the molecule is Cc1ccc(C(C)CC(c2ccc(C)o2)c2ccc(C)o2)o1. The highest BCUT2D eigenvalue weighted by atomic mass is 16.4. The maximum atomic E-state index is 5.86. The zero-order valence-electron chi connectivity index (χ0n) is 13.6. The molecule has 0 spiro atoms. The van der Waals surface area contributed by atoms with Crippen molar-refractivity contribution in [2.45, 2.75) is 46.0 Å². The lowest BCUT2D eigenvalue weighted by molar-refractivity contribution is 0.369. The van der Waals surface area contributed by atoms with Crippen molar-refractivity contribution in [1.29, 1.82) is 0 Å². The highest BCUT2D eigenvalue weighted by molar-refractivity contribution is 5.23. The van der Waals surface area contributed by atoms with Crippen molar-refractivity contribution >= 4 is 0 Å². The lowest BCUT2D eigenvalue weighted by Crippen LogP contribution is -2.04. The molecule has 116 valence electrons. The number of rotatable bonds is 5. The zero-order valence-corrected chi connectivity index (χ0v) is 13.6. The van der Waals surface area contributed by atoms with Gasteiger partial charge in [0.05, 0.1) is 5.92 Å². The molecule has 0 radical (unpaired) electrons. The molecule has 0 saturated carbocycles. The van der Waals surface area contributed by atoms with Crippen molar-refractivity contribution in [2.24, 2.45) is 0 Å². The Kier molecular flexibility index (Phi) is 3.97. The Morgan fingerprint density at radius 3 is 1.45 bits per heavy atom. The minimum absolute atomic E-state index is 0.0998. The van der Waals surface area contributed by atoms with Crippen LogP contribution in [0.1, 0.15) is 59.7 Å². The van der Waals surface area contributed by atoms with E-state index in [0.29, 0.717) is 0 Å². The summed E-state index contributed by atoms with van der Waals surface area (Å²) in [6.07, 6.45) is 0.882. The van der Waals surface area contributed by atoms with Crippen molar-refractivity contribution in [3.63, 3.8) is 0 Å².